The zero-order chi connectivity index (χ0) is 15.9. The Kier molecular flexibility index (Phi) is 6.77. The van der Waals surface area contributed by atoms with E-state index in [2.05, 4.69) is 10.3 Å². The quantitative estimate of drug-likeness (QED) is 0.597. The highest BCUT2D eigenvalue weighted by Gasteiger charge is 2.27. The van der Waals surface area contributed by atoms with E-state index in [0.717, 1.165) is 19.4 Å². The van der Waals surface area contributed by atoms with Gasteiger partial charge in [-0.2, -0.15) is 13.2 Å². The molecule has 0 bridgehead atoms. The number of alkyl halides is 3. The number of hydrogen-bond acceptors (Lipinski definition) is 2. The number of aliphatic imine (C=N–C) groups is 1. The van der Waals surface area contributed by atoms with Gasteiger partial charge in [-0.25, -0.2) is 0 Å². The summed E-state index contributed by atoms with van der Waals surface area (Å²) in [6.45, 7) is 3.49. The molecule has 0 aromatic carbocycles. The normalized spacial score (nSPS) is 20.5. The molecule has 0 saturated carbocycles. The van der Waals surface area contributed by atoms with Crippen molar-refractivity contribution in [2.45, 2.75) is 38.8 Å². The lowest BCUT2D eigenvalue weighted by atomic mass is 9.95. The number of piperidine rings is 1. The minimum Gasteiger partial charge on any atom is -0.370 e. The molecule has 1 rings (SSSR count). The van der Waals surface area contributed by atoms with Crippen LogP contribution in [0.1, 0.15) is 32.6 Å². The second-order valence-corrected chi connectivity index (χ2v) is 5.23. The van der Waals surface area contributed by atoms with Crippen LogP contribution in [0.4, 0.5) is 13.2 Å². The third kappa shape index (κ3) is 7.19. The molecule has 1 fully saturated rings. The van der Waals surface area contributed by atoms with Crippen LogP contribution < -0.4 is 11.1 Å². The number of halogens is 3. The maximum Gasteiger partial charge on any atom is 0.390 e. The first-order chi connectivity index (χ1) is 9.81. The molecular formula is C13H23F3N4O. The SMILES string of the molecule is CCNC(=NCCC(F)(F)F)N1CCCC(CC(N)=O)C1. The monoisotopic (exact) mass is 308 g/mol. The molecule has 1 unspecified atom stereocenters. The molecule has 21 heavy (non-hydrogen) atoms. The van der Waals surface area contributed by atoms with E-state index < -0.39 is 12.6 Å². The summed E-state index contributed by atoms with van der Waals surface area (Å²) >= 11 is 0. The molecule has 5 nitrogen and oxygen atoms in total. The van der Waals surface area contributed by atoms with Crippen LogP contribution in [0, 0.1) is 5.92 Å². The summed E-state index contributed by atoms with van der Waals surface area (Å²) in [5, 5.41) is 3.00. The number of carbonyl (C=O) groups is 1. The van der Waals surface area contributed by atoms with Crippen LogP contribution in [-0.2, 0) is 4.79 Å². The van der Waals surface area contributed by atoms with Crippen LogP contribution >= 0.6 is 0 Å². The molecule has 122 valence electrons. The molecule has 1 atom stereocenters. The number of nitrogens with zero attached hydrogens (tertiary/aromatic N) is 2. The number of primary amides is 1. The Balaban J connectivity index is 2.61. The van der Waals surface area contributed by atoms with Gasteiger partial charge in [0.25, 0.3) is 0 Å². The Hall–Kier alpha value is -1.47. The summed E-state index contributed by atoms with van der Waals surface area (Å²) in [4.78, 5) is 16.9. The minimum atomic E-state index is -4.20. The van der Waals surface area contributed by atoms with E-state index in [1.807, 2.05) is 11.8 Å². The molecule has 3 N–H and O–H groups in total. The van der Waals surface area contributed by atoms with Crippen molar-refractivity contribution in [3.05, 3.63) is 0 Å². The van der Waals surface area contributed by atoms with E-state index in [9.17, 15) is 18.0 Å². The summed E-state index contributed by atoms with van der Waals surface area (Å²) in [6.07, 6.45) is -3.04. The van der Waals surface area contributed by atoms with Crippen molar-refractivity contribution in [2.75, 3.05) is 26.2 Å². The van der Waals surface area contributed by atoms with Crippen LogP contribution in [0.2, 0.25) is 0 Å². The highest BCUT2D eigenvalue weighted by molar-refractivity contribution is 5.80. The van der Waals surface area contributed by atoms with Gasteiger partial charge >= 0.3 is 6.18 Å². The highest BCUT2D eigenvalue weighted by Crippen LogP contribution is 2.21. The highest BCUT2D eigenvalue weighted by atomic mass is 19.4. The Morgan fingerprint density at radius 2 is 2.19 bits per heavy atom. The van der Waals surface area contributed by atoms with Crippen molar-refractivity contribution in [2.24, 2.45) is 16.6 Å². The van der Waals surface area contributed by atoms with E-state index in [-0.39, 0.29) is 18.4 Å². The molecule has 1 heterocycles. The molecule has 1 aliphatic rings. The zero-order valence-corrected chi connectivity index (χ0v) is 12.2. The van der Waals surface area contributed by atoms with Gasteiger partial charge in [0.05, 0.1) is 13.0 Å². The lowest BCUT2D eigenvalue weighted by Crippen LogP contribution is -2.47. The van der Waals surface area contributed by atoms with Gasteiger partial charge in [-0.3, -0.25) is 9.79 Å². The molecule has 1 saturated heterocycles. The van der Waals surface area contributed by atoms with Crippen molar-refractivity contribution >= 4 is 11.9 Å². The van der Waals surface area contributed by atoms with Crippen LogP contribution in [0.25, 0.3) is 0 Å². The van der Waals surface area contributed by atoms with Gasteiger partial charge in [-0.1, -0.05) is 0 Å². The number of nitrogens with one attached hydrogen (secondary N) is 1. The molecule has 1 amide bonds. The first kappa shape index (κ1) is 17.6. The molecule has 0 aliphatic carbocycles. The second-order valence-electron chi connectivity index (χ2n) is 5.23. The fourth-order valence-electron chi connectivity index (χ4n) is 2.42. The Morgan fingerprint density at radius 1 is 1.48 bits per heavy atom. The summed E-state index contributed by atoms with van der Waals surface area (Å²) in [7, 11) is 0. The number of carbonyl (C=O) groups excluding carboxylic acids is 1. The predicted octanol–water partition coefficient (Wildman–Crippen LogP) is 1.49. The minimum absolute atomic E-state index is 0.141. The topological polar surface area (TPSA) is 70.7 Å². The third-order valence-electron chi connectivity index (χ3n) is 3.30. The first-order valence-corrected chi connectivity index (χ1v) is 7.20. The van der Waals surface area contributed by atoms with E-state index in [1.54, 1.807) is 0 Å². The van der Waals surface area contributed by atoms with E-state index >= 15 is 0 Å². The fourth-order valence-corrected chi connectivity index (χ4v) is 2.42. The Labute approximate surface area is 122 Å². The van der Waals surface area contributed by atoms with Crippen molar-refractivity contribution in [3.63, 3.8) is 0 Å². The van der Waals surface area contributed by atoms with Gasteiger partial charge in [-0.15, -0.1) is 0 Å². The number of hydrogen-bond donors (Lipinski definition) is 2. The maximum atomic E-state index is 12.2. The van der Waals surface area contributed by atoms with Crippen molar-refractivity contribution in [3.8, 4) is 0 Å². The van der Waals surface area contributed by atoms with Crippen molar-refractivity contribution in [1.29, 1.82) is 0 Å². The summed E-state index contributed by atoms with van der Waals surface area (Å²) in [5.74, 6) is 0.277. The van der Waals surface area contributed by atoms with Gasteiger partial charge in [0.2, 0.25) is 5.91 Å². The standard InChI is InChI=1S/C13H23F3N4O/c1-2-18-12(19-6-5-13(14,15)16)20-7-3-4-10(9-20)8-11(17)21/h10H,2-9H2,1H3,(H2,17,21)(H,18,19). The molecule has 0 radical (unpaired) electrons. The molecule has 8 heteroatoms. The number of likely N-dealkylation sites (tertiary alicyclic amines) is 1. The predicted molar refractivity (Wildman–Crippen MR) is 74.8 cm³/mol. The van der Waals surface area contributed by atoms with Crippen LogP contribution in [0.15, 0.2) is 4.99 Å². The number of nitrogens with two attached hydrogens (primary N) is 1. The maximum absolute atomic E-state index is 12.2. The van der Waals surface area contributed by atoms with Gasteiger partial charge in [0.15, 0.2) is 5.96 Å². The fraction of sp³-hybridized carbons (Fsp3) is 0.846. The van der Waals surface area contributed by atoms with E-state index in [1.165, 1.54) is 0 Å². The summed E-state index contributed by atoms with van der Waals surface area (Å²) in [5.41, 5.74) is 5.20. The molecule has 0 aromatic rings. The van der Waals surface area contributed by atoms with Crippen LogP contribution in [0.3, 0.4) is 0 Å². The Morgan fingerprint density at radius 3 is 2.76 bits per heavy atom. The van der Waals surface area contributed by atoms with Gasteiger partial charge in [0, 0.05) is 26.1 Å². The first-order valence-electron chi connectivity index (χ1n) is 7.20. The van der Waals surface area contributed by atoms with Crippen LogP contribution in [-0.4, -0.2) is 49.1 Å². The van der Waals surface area contributed by atoms with Gasteiger partial charge in [-0.05, 0) is 25.7 Å². The van der Waals surface area contributed by atoms with Crippen molar-refractivity contribution in [1.82, 2.24) is 10.2 Å². The number of rotatable bonds is 5. The largest absolute Gasteiger partial charge is 0.390 e. The second kappa shape index (κ2) is 8.09. The molecular weight excluding hydrogens is 285 g/mol. The number of amides is 1. The van der Waals surface area contributed by atoms with Gasteiger partial charge < -0.3 is 16.0 Å². The molecule has 1 aliphatic heterocycles. The third-order valence-corrected chi connectivity index (χ3v) is 3.30. The van der Waals surface area contributed by atoms with E-state index in [0.29, 0.717) is 25.5 Å². The summed E-state index contributed by atoms with van der Waals surface area (Å²) in [6, 6.07) is 0. The molecule has 0 aromatic heterocycles. The lowest BCUT2D eigenvalue weighted by Gasteiger charge is -2.34. The number of guanidine groups is 1. The van der Waals surface area contributed by atoms with Crippen LogP contribution in [0.5, 0.6) is 0 Å². The van der Waals surface area contributed by atoms with Crippen molar-refractivity contribution < 1.29 is 18.0 Å². The average molecular weight is 308 g/mol. The average Bonchev–Trinajstić information content (AvgIpc) is 2.36. The Bertz CT molecular complexity index is 371. The summed E-state index contributed by atoms with van der Waals surface area (Å²) < 4.78 is 36.6. The van der Waals surface area contributed by atoms with E-state index in [4.69, 9.17) is 5.73 Å². The zero-order valence-electron chi connectivity index (χ0n) is 12.2. The van der Waals surface area contributed by atoms with Gasteiger partial charge in [0.1, 0.15) is 0 Å². The molecule has 0 spiro atoms. The smallest absolute Gasteiger partial charge is 0.370 e. The lowest BCUT2D eigenvalue weighted by molar-refractivity contribution is -0.132.